The summed E-state index contributed by atoms with van der Waals surface area (Å²) in [5.41, 5.74) is 0. The fourth-order valence-electron chi connectivity index (χ4n) is 2.23. The molecule has 1 aliphatic rings. The molecule has 1 aromatic rings. The van der Waals surface area contributed by atoms with Crippen molar-refractivity contribution in [3.8, 4) is 0 Å². The summed E-state index contributed by atoms with van der Waals surface area (Å²) in [4.78, 5) is 2.52. The lowest BCUT2D eigenvalue weighted by Gasteiger charge is -2.16. The van der Waals surface area contributed by atoms with Crippen molar-refractivity contribution < 1.29 is 0 Å². The van der Waals surface area contributed by atoms with Gasteiger partial charge >= 0.3 is 0 Å². The van der Waals surface area contributed by atoms with Crippen molar-refractivity contribution in [2.75, 3.05) is 26.2 Å². The van der Waals surface area contributed by atoms with E-state index in [4.69, 9.17) is 0 Å². The normalized spacial score (nSPS) is 21.7. The molecular weight excluding hydrogens is 200 g/mol. The van der Waals surface area contributed by atoms with Crippen LogP contribution >= 0.6 is 0 Å². The molecule has 0 aromatic carbocycles. The first-order valence-corrected chi connectivity index (χ1v) is 6.31. The predicted octanol–water partition coefficient (Wildman–Crippen LogP) is 0.957. The lowest BCUT2D eigenvalue weighted by Crippen LogP contribution is -2.34. The molecule has 16 heavy (non-hydrogen) atoms. The lowest BCUT2D eigenvalue weighted by atomic mass is 10.2. The number of hydrogen-bond acceptors (Lipinski definition) is 3. The van der Waals surface area contributed by atoms with Gasteiger partial charge in [0.25, 0.3) is 0 Å². The van der Waals surface area contributed by atoms with Crippen molar-refractivity contribution in [2.24, 2.45) is 0 Å². The minimum Gasteiger partial charge on any atom is -0.313 e. The summed E-state index contributed by atoms with van der Waals surface area (Å²) in [7, 11) is 0. The fourth-order valence-corrected chi connectivity index (χ4v) is 2.23. The molecule has 0 radical (unpaired) electrons. The van der Waals surface area contributed by atoms with Crippen molar-refractivity contribution >= 4 is 0 Å². The summed E-state index contributed by atoms with van der Waals surface area (Å²) in [6.07, 6.45) is 6.39. The van der Waals surface area contributed by atoms with Gasteiger partial charge in [-0.2, -0.15) is 5.10 Å². The van der Waals surface area contributed by atoms with Gasteiger partial charge in [0.15, 0.2) is 0 Å². The molecule has 90 valence electrons. The third-order valence-corrected chi connectivity index (χ3v) is 3.16. The Bertz CT molecular complexity index is 283. The molecule has 1 unspecified atom stereocenters. The lowest BCUT2D eigenvalue weighted by molar-refractivity contribution is 0.306. The van der Waals surface area contributed by atoms with Gasteiger partial charge in [-0.25, -0.2) is 0 Å². The zero-order chi connectivity index (χ0) is 11.2. The molecule has 0 bridgehead atoms. The largest absolute Gasteiger partial charge is 0.313 e. The molecule has 2 heterocycles. The average molecular weight is 222 g/mol. The Labute approximate surface area is 97.6 Å². The molecule has 0 spiro atoms. The van der Waals surface area contributed by atoms with Crippen molar-refractivity contribution in [1.82, 2.24) is 20.0 Å². The summed E-state index contributed by atoms with van der Waals surface area (Å²) in [6.45, 7) is 7.92. The zero-order valence-electron chi connectivity index (χ0n) is 10.1. The number of nitrogens with zero attached hydrogens (tertiary/aromatic N) is 3. The second-order valence-electron chi connectivity index (χ2n) is 4.51. The Balaban J connectivity index is 1.65. The Morgan fingerprint density at radius 2 is 2.38 bits per heavy atom. The Hall–Kier alpha value is -0.870. The Morgan fingerprint density at radius 1 is 1.44 bits per heavy atom. The van der Waals surface area contributed by atoms with Crippen LogP contribution in [0, 0.1) is 0 Å². The topological polar surface area (TPSA) is 33.1 Å². The molecule has 1 N–H and O–H groups in total. The molecule has 1 aromatic heterocycles. The minimum absolute atomic E-state index is 0.706. The van der Waals surface area contributed by atoms with Crippen molar-refractivity contribution in [3.63, 3.8) is 0 Å². The molecule has 2 rings (SSSR count). The summed E-state index contributed by atoms with van der Waals surface area (Å²) in [6, 6.07) is 2.69. The van der Waals surface area contributed by atoms with Crippen molar-refractivity contribution in [1.29, 1.82) is 0 Å². The smallest absolute Gasteiger partial charge is 0.0536 e. The van der Waals surface area contributed by atoms with E-state index in [-0.39, 0.29) is 0 Å². The van der Waals surface area contributed by atoms with E-state index < -0.39 is 0 Å². The maximum absolute atomic E-state index is 4.22. The Kier molecular flexibility index (Phi) is 4.36. The third-order valence-electron chi connectivity index (χ3n) is 3.16. The first-order chi connectivity index (χ1) is 7.88. The number of aromatic nitrogens is 2. The van der Waals surface area contributed by atoms with Crippen molar-refractivity contribution in [2.45, 2.75) is 32.4 Å². The summed E-state index contributed by atoms with van der Waals surface area (Å²) >= 11 is 0. The third kappa shape index (κ3) is 3.32. The molecule has 4 nitrogen and oxygen atoms in total. The maximum Gasteiger partial charge on any atom is 0.0536 e. The van der Waals surface area contributed by atoms with E-state index in [1.807, 2.05) is 23.1 Å². The van der Waals surface area contributed by atoms with Gasteiger partial charge in [-0.1, -0.05) is 6.92 Å². The maximum atomic E-state index is 4.22. The van der Waals surface area contributed by atoms with E-state index in [0.717, 1.165) is 19.6 Å². The molecule has 1 aliphatic heterocycles. The molecule has 0 amide bonds. The van der Waals surface area contributed by atoms with Gasteiger partial charge in [0.05, 0.1) is 6.54 Å². The van der Waals surface area contributed by atoms with Gasteiger partial charge in [-0.3, -0.25) is 9.58 Å². The second kappa shape index (κ2) is 6.01. The molecule has 1 saturated heterocycles. The van der Waals surface area contributed by atoms with Gasteiger partial charge in [-0.15, -0.1) is 0 Å². The van der Waals surface area contributed by atoms with Crippen LogP contribution in [0.4, 0.5) is 0 Å². The number of rotatable bonds is 6. The monoisotopic (exact) mass is 222 g/mol. The van der Waals surface area contributed by atoms with E-state index in [9.17, 15) is 0 Å². The van der Waals surface area contributed by atoms with Gasteiger partial charge in [0.2, 0.25) is 0 Å². The van der Waals surface area contributed by atoms with E-state index in [2.05, 4.69) is 22.2 Å². The minimum atomic E-state index is 0.706. The van der Waals surface area contributed by atoms with E-state index >= 15 is 0 Å². The van der Waals surface area contributed by atoms with Gasteiger partial charge < -0.3 is 5.32 Å². The highest BCUT2D eigenvalue weighted by molar-refractivity contribution is 4.82. The average Bonchev–Trinajstić information content (AvgIpc) is 2.95. The number of likely N-dealkylation sites (tertiary alicyclic amines) is 1. The SMILES string of the molecule is CCCNC1CCN(CCn2cccn2)C1. The van der Waals surface area contributed by atoms with Gasteiger partial charge in [-0.05, 0) is 32.0 Å². The van der Waals surface area contributed by atoms with Crippen LogP contribution in [0.3, 0.4) is 0 Å². The fraction of sp³-hybridized carbons (Fsp3) is 0.750. The summed E-state index contributed by atoms with van der Waals surface area (Å²) in [5, 5.41) is 7.81. The van der Waals surface area contributed by atoms with Crippen LogP contribution in [-0.4, -0.2) is 46.9 Å². The summed E-state index contributed by atoms with van der Waals surface area (Å²) in [5.74, 6) is 0. The number of hydrogen-bond donors (Lipinski definition) is 1. The van der Waals surface area contributed by atoms with Crippen LogP contribution in [-0.2, 0) is 6.54 Å². The Morgan fingerprint density at radius 3 is 3.12 bits per heavy atom. The van der Waals surface area contributed by atoms with Gasteiger partial charge in [0, 0.05) is 31.5 Å². The quantitative estimate of drug-likeness (QED) is 0.778. The highest BCUT2D eigenvalue weighted by Gasteiger charge is 2.20. The standard InChI is InChI=1S/C12H22N4/c1-2-5-13-12-4-8-15(11-12)9-10-16-7-3-6-14-16/h3,6-7,12-13H,2,4-5,8-11H2,1H3. The molecule has 1 atom stereocenters. The van der Waals surface area contributed by atoms with Crippen LogP contribution in [0.25, 0.3) is 0 Å². The second-order valence-corrected chi connectivity index (χ2v) is 4.51. The van der Waals surface area contributed by atoms with E-state index in [1.54, 1.807) is 0 Å². The van der Waals surface area contributed by atoms with Crippen LogP contribution < -0.4 is 5.32 Å². The van der Waals surface area contributed by atoms with E-state index in [0.29, 0.717) is 6.04 Å². The predicted molar refractivity (Wildman–Crippen MR) is 65.4 cm³/mol. The van der Waals surface area contributed by atoms with Crippen LogP contribution in [0.2, 0.25) is 0 Å². The van der Waals surface area contributed by atoms with Crippen LogP contribution in [0.1, 0.15) is 19.8 Å². The molecule has 0 saturated carbocycles. The molecule has 1 fully saturated rings. The van der Waals surface area contributed by atoms with Crippen molar-refractivity contribution in [3.05, 3.63) is 18.5 Å². The first kappa shape index (κ1) is 11.6. The van der Waals surface area contributed by atoms with Gasteiger partial charge in [0.1, 0.15) is 0 Å². The van der Waals surface area contributed by atoms with Crippen LogP contribution in [0.5, 0.6) is 0 Å². The molecule has 4 heteroatoms. The number of nitrogens with one attached hydrogen (secondary N) is 1. The highest BCUT2D eigenvalue weighted by Crippen LogP contribution is 2.08. The first-order valence-electron chi connectivity index (χ1n) is 6.31. The molecular formula is C12H22N4. The zero-order valence-corrected chi connectivity index (χ0v) is 10.1. The van der Waals surface area contributed by atoms with E-state index in [1.165, 1.54) is 25.9 Å². The molecule has 0 aliphatic carbocycles. The highest BCUT2D eigenvalue weighted by atomic mass is 15.3. The van der Waals surface area contributed by atoms with Crippen LogP contribution in [0.15, 0.2) is 18.5 Å². The summed E-state index contributed by atoms with van der Waals surface area (Å²) < 4.78 is 2.01.